The van der Waals surface area contributed by atoms with Crippen molar-refractivity contribution in [1.82, 2.24) is 25.8 Å². The van der Waals surface area contributed by atoms with Crippen molar-refractivity contribution in [3.05, 3.63) is 35.9 Å². The minimum atomic E-state index is -0.874. The quantitative estimate of drug-likeness (QED) is 0.169. The Kier molecular flexibility index (Phi) is 19.0. The normalized spacial score (nSPS) is 19.3. The zero-order valence-corrected chi connectivity index (χ0v) is 34.4. The highest BCUT2D eigenvalue weighted by atomic mass is 16.5. The molecule has 1 saturated heterocycles. The molecule has 300 valence electrons. The first-order valence-corrected chi connectivity index (χ1v) is 19.5. The molecule has 1 aliphatic rings. The van der Waals surface area contributed by atoms with Crippen LogP contribution in [-0.4, -0.2) is 111 Å². The van der Waals surface area contributed by atoms with E-state index in [1.807, 2.05) is 69.9 Å². The molecule has 2 rings (SSSR count). The molecule has 0 aromatic heterocycles. The number of ether oxygens (including phenoxy) is 2. The van der Waals surface area contributed by atoms with Gasteiger partial charge in [0, 0.05) is 39.6 Å². The number of likely N-dealkylation sites (N-methyl/N-ethyl adjacent to an activating group) is 2. The smallest absolute Gasteiger partial charge is 0.328 e. The van der Waals surface area contributed by atoms with Crippen molar-refractivity contribution in [2.45, 2.75) is 130 Å². The maximum atomic E-state index is 14.2. The number of hydrogen-bond donors (Lipinski definition) is 3. The molecule has 0 saturated carbocycles. The van der Waals surface area contributed by atoms with Crippen molar-refractivity contribution in [2.24, 2.45) is 29.6 Å². The van der Waals surface area contributed by atoms with Crippen LogP contribution in [0, 0.1) is 29.6 Å². The van der Waals surface area contributed by atoms with E-state index in [1.165, 1.54) is 7.11 Å². The van der Waals surface area contributed by atoms with Crippen LogP contribution in [0.25, 0.3) is 0 Å². The second-order valence-electron chi connectivity index (χ2n) is 15.7. The molecule has 1 fully saturated rings. The second-order valence-corrected chi connectivity index (χ2v) is 15.7. The van der Waals surface area contributed by atoms with Crippen LogP contribution in [0.5, 0.6) is 0 Å². The highest BCUT2D eigenvalue weighted by molar-refractivity contribution is 5.90. The summed E-state index contributed by atoms with van der Waals surface area (Å²) < 4.78 is 11.0. The van der Waals surface area contributed by atoms with Crippen LogP contribution < -0.4 is 16.0 Å². The molecular weight excluding hydrogens is 674 g/mol. The third kappa shape index (κ3) is 12.5. The number of carbonyl (C=O) groups excluding carboxylic acids is 5. The first-order chi connectivity index (χ1) is 25.0. The number of hydrogen-bond acceptors (Lipinski definition) is 8. The SMILES string of the molecule is CCC(C)[C@@H]([C@H](C)CC(=O)N1CCCC[C@H]1[C@H](OC)[C@@H](C)C(=O)N[C@@H](Cc1ccccc1)C(=O)OC)N(C)C(=O)[C@@H](NC(=O)[C@@H](NC)C(C)C)C(C)C. The Morgan fingerprint density at radius 2 is 1.49 bits per heavy atom. The summed E-state index contributed by atoms with van der Waals surface area (Å²) in [6, 6.07) is 6.80. The number of amides is 4. The maximum absolute atomic E-state index is 14.2. The number of nitrogens with one attached hydrogen (secondary N) is 3. The first kappa shape index (κ1) is 45.6. The topological polar surface area (TPSA) is 146 Å². The Morgan fingerprint density at radius 1 is 0.868 bits per heavy atom. The summed E-state index contributed by atoms with van der Waals surface area (Å²) in [5.74, 6) is -2.21. The zero-order chi connectivity index (χ0) is 40.0. The molecule has 9 atom stereocenters. The Bertz CT molecular complexity index is 1320. The lowest BCUT2D eigenvalue weighted by Gasteiger charge is -2.43. The van der Waals surface area contributed by atoms with Gasteiger partial charge < -0.3 is 35.2 Å². The molecular formula is C41H69N5O7. The van der Waals surface area contributed by atoms with Crippen LogP contribution in [0.15, 0.2) is 30.3 Å². The predicted octanol–water partition coefficient (Wildman–Crippen LogP) is 4.20. The van der Waals surface area contributed by atoms with E-state index in [0.29, 0.717) is 13.0 Å². The molecule has 53 heavy (non-hydrogen) atoms. The number of methoxy groups -OCH3 is 2. The monoisotopic (exact) mass is 744 g/mol. The number of carbonyl (C=O) groups is 5. The van der Waals surface area contributed by atoms with E-state index >= 15 is 0 Å². The van der Waals surface area contributed by atoms with E-state index in [2.05, 4.69) is 29.8 Å². The van der Waals surface area contributed by atoms with Crippen molar-refractivity contribution < 1.29 is 33.4 Å². The zero-order valence-electron chi connectivity index (χ0n) is 34.4. The average molecular weight is 744 g/mol. The molecule has 1 aromatic carbocycles. The third-order valence-electron chi connectivity index (χ3n) is 11.1. The summed E-state index contributed by atoms with van der Waals surface area (Å²) in [5.41, 5.74) is 0.887. The van der Waals surface area contributed by atoms with Gasteiger partial charge in [-0.1, -0.05) is 92.1 Å². The van der Waals surface area contributed by atoms with E-state index in [-0.39, 0.29) is 72.2 Å². The molecule has 4 amide bonds. The van der Waals surface area contributed by atoms with Crippen molar-refractivity contribution in [3.63, 3.8) is 0 Å². The van der Waals surface area contributed by atoms with Crippen LogP contribution in [0.2, 0.25) is 0 Å². The van der Waals surface area contributed by atoms with Crippen LogP contribution in [0.4, 0.5) is 0 Å². The van der Waals surface area contributed by atoms with Gasteiger partial charge in [-0.2, -0.15) is 0 Å². The Labute approximate surface area is 318 Å². The molecule has 12 nitrogen and oxygen atoms in total. The highest BCUT2D eigenvalue weighted by Crippen LogP contribution is 2.30. The fourth-order valence-corrected chi connectivity index (χ4v) is 7.91. The molecule has 0 radical (unpaired) electrons. The fraction of sp³-hybridized carbons (Fsp3) is 0.732. The number of piperidine rings is 1. The van der Waals surface area contributed by atoms with Gasteiger partial charge in [-0.05, 0) is 55.5 Å². The van der Waals surface area contributed by atoms with Gasteiger partial charge in [0.15, 0.2) is 0 Å². The van der Waals surface area contributed by atoms with Crippen LogP contribution in [-0.2, 0) is 39.9 Å². The van der Waals surface area contributed by atoms with Crippen molar-refractivity contribution in [1.29, 1.82) is 0 Å². The fourth-order valence-electron chi connectivity index (χ4n) is 7.91. The standard InChI is InChI=1S/C41H69N5O7/c1-13-27(6)36(45(10)40(50)35(26(4)5)44-39(49)34(42-9)25(2)3)28(7)23-33(47)46-22-18-17-21-32(46)37(52-11)29(8)38(48)43-31(41(51)53-12)24-30-19-15-14-16-20-30/h14-16,19-20,25-29,31-32,34-37,42H,13,17-18,21-24H2,1-12H3,(H,43,48)(H,44,49)/t27?,28-,29-,31+,32+,34+,35+,36+,37-/m1/s1. The summed E-state index contributed by atoms with van der Waals surface area (Å²) in [6.45, 7) is 16.3. The first-order valence-electron chi connectivity index (χ1n) is 19.5. The van der Waals surface area contributed by atoms with Crippen molar-refractivity contribution in [2.75, 3.05) is 34.9 Å². The molecule has 1 aliphatic heterocycles. The maximum Gasteiger partial charge on any atom is 0.328 e. The molecule has 1 aromatic rings. The minimum Gasteiger partial charge on any atom is -0.467 e. The van der Waals surface area contributed by atoms with Gasteiger partial charge in [0.2, 0.25) is 23.6 Å². The van der Waals surface area contributed by atoms with E-state index in [4.69, 9.17) is 9.47 Å². The van der Waals surface area contributed by atoms with Gasteiger partial charge in [-0.3, -0.25) is 19.2 Å². The van der Waals surface area contributed by atoms with Crippen LogP contribution in [0.3, 0.4) is 0 Å². The molecule has 12 heteroatoms. The summed E-state index contributed by atoms with van der Waals surface area (Å²) in [5, 5.41) is 8.95. The van der Waals surface area contributed by atoms with E-state index < -0.39 is 36.1 Å². The third-order valence-corrected chi connectivity index (χ3v) is 11.1. The Balaban J connectivity index is 2.27. The minimum absolute atomic E-state index is 0.0460. The lowest BCUT2D eigenvalue weighted by molar-refractivity contribution is -0.149. The Hall–Kier alpha value is -3.51. The number of likely N-dealkylation sites (tertiary alicyclic amines) is 1. The van der Waals surface area contributed by atoms with Gasteiger partial charge >= 0.3 is 5.97 Å². The van der Waals surface area contributed by atoms with Gasteiger partial charge in [0.05, 0.1) is 31.2 Å². The van der Waals surface area contributed by atoms with Crippen molar-refractivity contribution in [3.8, 4) is 0 Å². The number of benzene rings is 1. The number of esters is 1. The summed E-state index contributed by atoms with van der Waals surface area (Å²) in [6.07, 6.45) is 3.07. The molecule has 0 aliphatic carbocycles. The van der Waals surface area contributed by atoms with E-state index in [1.54, 1.807) is 33.0 Å². The van der Waals surface area contributed by atoms with Gasteiger partial charge in [-0.25, -0.2) is 4.79 Å². The number of rotatable bonds is 20. The van der Waals surface area contributed by atoms with Gasteiger partial charge in [0.25, 0.3) is 0 Å². The largest absolute Gasteiger partial charge is 0.467 e. The second kappa shape index (κ2) is 22.0. The number of nitrogens with zero attached hydrogens (tertiary/aromatic N) is 2. The molecule has 0 bridgehead atoms. The average Bonchev–Trinajstić information content (AvgIpc) is 3.13. The van der Waals surface area contributed by atoms with Crippen LogP contribution in [0.1, 0.15) is 93.1 Å². The van der Waals surface area contributed by atoms with Crippen LogP contribution >= 0.6 is 0 Å². The predicted molar refractivity (Wildman–Crippen MR) is 208 cm³/mol. The van der Waals surface area contributed by atoms with Gasteiger partial charge in [0.1, 0.15) is 12.1 Å². The highest BCUT2D eigenvalue weighted by Gasteiger charge is 2.41. The van der Waals surface area contributed by atoms with Gasteiger partial charge in [-0.15, -0.1) is 0 Å². The summed E-state index contributed by atoms with van der Waals surface area (Å²) >= 11 is 0. The molecule has 3 N–H and O–H groups in total. The molecule has 0 spiro atoms. The molecule has 1 unspecified atom stereocenters. The summed E-state index contributed by atoms with van der Waals surface area (Å²) in [7, 11) is 6.38. The van der Waals surface area contributed by atoms with E-state index in [9.17, 15) is 24.0 Å². The Morgan fingerprint density at radius 3 is 2.02 bits per heavy atom. The van der Waals surface area contributed by atoms with E-state index in [0.717, 1.165) is 24.8 Å². The molecule has 1 heterocycles. The van der Waals surface area contributed by atoms with Crippen molar-refractivity contribution >= 4 is 29.6 Å². The summed E-state index contributed by atoms with van der Waals surface area (Å²) in [4.78, 5) is 71.5. The lowest BCUT2D eigenvalue weighted by Crippen LogP contribution is -2.58. The lowest BCUT2D eigenvalue weighted by atomic mass is 9.83.